The van der Waals surface area contributed by atoms with Crippen molar-refractivity contribution in [2.75, 3.05) is 5.32 Å². The van der Waals surface area contributed by atoms with Crippen LogP contribution in [-0.2, 0) is 7.05 Å². The molecule has 0 amide bonds. The van der Waals surface area contributed by atoms with Gasteiger partial charge in [-0.1, -0.05) is 59.1 Å². The van der Waals surface area contributed by atoms with E-state index in [0.29, 0.717) is 25.2 Å². The van der Waals surface area contributed by atoms with Crippen LogP contribution >= 0.6 is 22.7 Å². The van der Waals surface area contributed by atoms with E-state index in [4.69, 9.17) is 5.41 Å². The number of nitrogens with one attached hydrogen (secondary N) is 2. The molecule has 2 aromatic heterocycles. The number of para-hydroxylation sites is 2. The molecule has 0 unspecified atom stereocenters. The third kappa shape index (κ3) is 3.48. The van der Waals surface area contributed by atoms with E-state index in [1.165, 1.54) is 16.0 Å². The van der Waals surface area contributed by atoms with Gasteiger partial charge in [-0.15, -0.1) is 0 Å². The normalized spacial score (nSPS) is 10.8. The summed E-state index contributed by atoms with van der Waals surface area (Å²) in [5.41, 5.74) is 1.86. The largest absolute Gasteiger partial charge is 0.346 e. The molecule has 0 aliphatic rings. The molecular weight excluding hydrogens is 404 g/mol. The van der Waals surface area contributed by atoms with E-state index >= 15 is 0 Å². The third-order valence-electron chi connectivity index (χ3n) is 4.61. The molecule has 0 aliphatic carbocycles. The number of anilines is 2. The fraction of sp³-hybridized carbons (Fsp3) is 0.0952. The summed E-state index contributed by atoms with van der Waals surface area (Å²) in [5.74, 6) is -0.365. The molecule has 0 saturated heterocycles. The highest BCUT2D eigenvalue weighted by atomic mass is 32.2. The summed E-state index contributed by atoms with van der Waals surface area (Å²) in [4.78, 5) is 26.9. The number of rotatable bonds is 5. The minimum atomic E-state index is -0.365. The molecule has 0 fully saturated rings. The zero-order valence-corrected chi connectivity index (χ0v) is 17.4. The Hall–Kier alpha value is -3.23. The number of aromatic nitrogens is 2. The van der Waals surface area contributed by atoms with E-state index in [2.05, 4.69) is 5.32 Å². The molecule has 29 heavy (non-hydrogen) atoms. The van der Waals surface area contributed by atoms with Crippen LogP contribution in [0.15, 0.2) is 65.5 Å². The molecule has 0 radical (unpaired) electrons. The van der Waals surface area contributed by atoms with E-state index in [-0.39, 0.29) is 16.9 Å². The van der Waals surface area contributed by atoms with Gasteiger partial charge in [0, 0.05) is 18.4 Å². The van der Waals surface area contributed by atoms with E-state index in [0.717, 1.165) is 17.0 Å². The lowest BCUT2D eigenvalue weighted by molar-refractivity contribution is 0.104. The number of nitrogens with zero attached hydrogens (tertiary/aromatic N) is 2. The Labute approximate surface area is 174 Å². The van der Waals surface area contributed by atoms with Crippen LogP contribution in [-0.4, -0.2) is 15.1 Å². The summed E-state index contributed by atoms with van der Waals surface area (Å²) in [6.45, 7) is 1.76. The quantitative estimate of drug-likeness (QED) is 0.476. The standard InChI is InChI=1S/C21H18N4O2S2/c1-13-16(20(27)25(24(13)2)15-11-7-4-8-12-15)17(26)18-19(29-21(22)28-18)23-14-9-5-3-6-10-14/h3-12,22-23H,1-2H3. The van der Waals surface area contributed by atoms with Crippen molar-refractivity contribution in [2.24, 2.45) is 7.05 Å². The lowest BCUT2D eigenvalue weighted by Crippen LogP contribution is -2.22. The summed E-state index contributed by atoms with van der Waals surface area (Å²) in [6, 6.07) is 18.7. The first kappa shape index (κ1) is 19.1. The van der Waals surface area contributed by atoms with Crippen molar-refractivity contribution in [1.29, 1.82) is 5.41 Å². The van der Waals surface area contributed by atoms with E-state index in [1.54, 1.807) is 18.7 Å². The Morgan fingerprint density at radius 2 is 1.62 bits per heavy atom. The lowest BCUT2D eigenvalue weighted by Gasteiger charge is -2.07. The van der Waals surface area contributed by atoms with E-state index in [9.17, 15) is 9.59 Å². The molecule has 146 valence electrons. The van der Waals surface area contributed by atoms with Crippen molar-refractivity contribution < 1.29 is 4.79 Å². The summed E-state index contributed by atoms with van der Waals surface area (Å²) in [5, 5.41) is 11.8. The van der Waals surface area contributed by atoms with Gasteiger partial charge in [0.1, 0.15) is 15.4 Å². The molecule has 4 aromatic rings. The number of benzene rings is 2. The Morgan fingerprint density at radius 1 is 1.00 bits per heavy atom. The Kier molecular flexibility index (Phi) is 5.04. The van der Waals surface area contributed by atoms with Crippen LogP contribution in [0.25, 0.3) is 5.69 Å². The van der Waals surface area contributed by atoms with Crippen molar-refractivity contribution in [3.8, 4) is 5.69 Å². The summed E-state index contributed by atoms with van der Waals surface area (Å²) in [6.07, 6.45) is 0. The molecular formula is C21H18N4O2S2. The maximum Gasteiger partial charge on any atom is 0.282 e. The van der Waals surface area contributed by atoms with Gasteiger partial charge in [-0.2, -0.15) is 0 Å². The minimum absolute atomic E-state index is 0.126. The molecule has 2 N–H and O–H groups in total. The van der Waals surface area contributed by atoms with Crippen LogP contribution in [0.2, 0.25) is 0 Å². The second-order valence-electron chi connectivity index (χ2n) is 6.41. The topological polar surface area (TPSA) is 79.9 Å². The Morgan fingerprint density at radius 3 is 2.28 bits per heavy atom. The predicted octanol–water partition coefficient (Wildman–Crippen LogP) is 4.06. The Balaban J connectivity index is 1.81. The molecule has 2 aromatic carbocycles. The smallest absolute Gasteiger partial charge is 0.282 e. The molecule has 0 spiro atoms. The second-order valence-corrected chi connectivity index (χ2v) is 8.71. The highest BCUT2D eigenvalue weighted by molar-refractivity contribution is 7.31. The predicted molar refractivity (Wildman–Crippen MR) is 117 cm³/mol. The van der Waals surface area contributed by atoms with Gasteiger partial charge in [0.25, 0.3) is 5.56 Å². The summed E-state index contributed by atoms with van der Waals surface area (Å²) in [7, 11) is 1.76. The van der Waals surface area contributed by atoms with Crippen LogP contribution in [0.3, 0.4) is 0 Å². The minimum Gasteiger partial charge on any atom is -0.346 e. The van der Waals surface area contributed by atoms with Crippen LogP contribution in [0.5, 0.6) is 0 Å². The second kappa shape index (κ2) is 7.65. The molecule has 8 heteroatoms. The van der Waals surface area contributed by atoms with Crippen molar-refractivity contribution in [3.05, 3.63) is 91.1 Å². The average Bonchev–Trinajstić information content (AvgIpc) is 3.19. The number of ketones is 1. The van der Waals surface area contributed by atoms with Crippen molar-refractivity contribution in [1.82, 2.24) is 9.36 Å². The molecule has 2 heterocycles. The zero-order valence-electron chi connectivity index (χ0n) is 15.8. The fourth-order valence-corrected chi connectivity index (χ4v) is 5.11. The molecule has 4 rings (SSSR count). The van der Waals surface area contributed by atoms with Gasteiger partial charge in [0.2, 0.25) is 5.78 Å². The highest BCUT2D eigenvalue weighted by Crippen LogP contribution is 2.29. The van der Waals surface area contributed by atoms with Gasteiger partial charge in [0.15, 0.2) is 3.98 Å². The summed E-state index contributed by atoms with van der Waals surface area (Å²) < 4.78 is 3.48. The van der Waals surface area contributed by atoms with Gasteiger partial charge in [-0.25, -0.2) is 4.68 Å². The lowest BCUT2D eigenvalue weighted by atomic mass is 10.1. The van der Waals surface area contributed by atoms with Crippen molar-refractivity contribution in [3.63, 3.8) is 0 Å². The summed E-state index contributed by atoms with van der Waals surface area (Å²) >= 11 is 2.27. The maximum atomic E-state index is 13.4. The first-order chi connectivity index (χ1) is 14.0. The van der Waals surface area contributed by atoms with Gasteiger partial charge in [0.05, 0.1) is 5.69 Å². The number of carbonyl (C=O) groups is 1. The zero-order chi connectivity index (χ0) is 20.5. The van der Waals surface area contributed by atoms with Gasteiger partial charge in [-0.3, -0.25) is 19.7 Å². The van der Waals surface area contributed by atoms with Gasteiger partial charge >= 0.3 is 0 Å². The monoisotopic (exact) mass is 422 g/mol. The number of hydrogen-bond acceptors (Lipinski definition) is 6. The highest BCUT2D eigenvalue weighted by Gasteiger charge is 2.27. The van der Waals surface area contributed by atoms with Crippen LogP contribution in [0.1, 0.15) is 20.9 Å². The molecule has 0 atom stereocenters. The van der Waals surface area contributed by atoms with E-state index in [1.807, 2.05) is 60.7 Å². The SMILES string of the molecule is Cc1c(C(=O)c2sc(=N)sc2Nc2ccccc2)c(=O)n(-c2ccccc2)n1C. The molecule has 6 nitrogen and oxygen atoms in total. The maximum absolute atomic E-state index is 13.4. The third-order valence-corrected chi connectivity index (χ3v) is 6.72. The molecule has 0 bridgehead atoms. The van der Waals surface area contributed by atoms with Crippen molar-refractivity contribution in [2.45, 2.75) is 6.92 Å². The van der Waals surface area contributed by atoms with Crippen LogP contribution < -0.4 is 14.9 Å². The van der Waals surface area contributed by atoms with Crippen molar-refractivity contribution >= 4 is 39.1 Å². The first-order valence-corrected chi connectivity index (χ1v) is 10.5. The van der Waals surface area contributed by atoms with Gasteiger partial charge in [-0.05, 0) is 31.2 Å². The van der Waals surface area contributed by atoms with E-state index < -0.39 is 0 Å². The van der Waals surface area contributed by atoms with Crippen LogP contribution in [0, 0.1) is 12.3 Å². The Bertz CT molecular complexity index is 1300. The number of hydrogen-bond donors (Lipinski definition) is 2. The number of carbonyl (C=O) groups excluding carboxylic acids is 1. The van der Waals surface area contributed by atoms with Gasteiger partial charge < -0.3 is 5.32 Å². The molecule has 0 aliphatic heterocycles. The fourth-order valence-electron chi connectivity index (χ4n) is 3.13. The molecule has 0 saturated carbocycles. The average molecular weight is 423 g/mol. The first-order valence-electron chi connectivity index (χ1n) is 8.86. The van der Waals surface area contributed by atoms with Crippen LogP contribution in [0.4, 0.5) is 10.7 Å².